The molecule has 21 heavy (non-hydrogen) atoms. The van der Waals surface area contributed by atoms with Gasteiger partial charge in [0.2, 0.25) is 5.88 Å². The number of hydrogen-bond donors (Lipinski definition) is 2. The minimum absolute atomic E-state index is 0.286. The summed E-state index contributed by atoms with van der Waals surface area (Å²) in [5.74, 6) is 0.775. The monoisotopic (exact) mass is 283 g/mol. The van der Waals surface area contributed by atoms with Crippen LogP contribution in [0.2, 0.25) is 0 Å². The van der Waals surface area contributed by atoms with Crippen molar-refractivity contribution in [3.63, 3.8) is 0 Å². The molecule has 1 aromatic heterocycles. The van der Waals surface area contributed by atoms with E-state index in [2.05, 4.69) is 39.9 Å². The number of pyridine rings is 1. The highest BCUT2D eigenvalue weighted by atomic mass is 16.5. The summed E-state index contributed by atoms with van der Waals surface area (Å²) in [6.07, 6.45) is 6.82. The van der Waals surface area contributed by atoms with Crippen LogP contribution in [0.3, 0.4) is 0 Å². The largest absolute Gasteiger partial charge is 0.474 e. The minimum atomic E-state index is 0.286. The van der Waals surface area contributed by atoms with Gasteiger partial charge in [0, 0.05) is 23.3 Å². The fourth-order valence-corrected chi connectivity index (χ4v) is 2.87. The van der Waals surface area contributed by atoms with Crippen molar-refractivity contribution in [1.82, 2.24) is 10.3 Å². The molecule has 0 amide bonds. The molecule has 2 heterocycles. The smallest absolute Gasteiger partial charge is 0.221 e. The zero-order valence-electron chi connectivity index (χ0n) is 12.1. The van der Waals surface area contributed by atoms with Crippen molar-refractivity contribution in [3.8, 4) is 5.88 Å². The van der Waals surface area contributed by atoms with Gasteiger partial charge in [-0.05, 0) is 68.4 Å². The Labute approximate surface area is 124 Å². The van der Waals surface area contributed by atoms with Crippen molar-refractivity contribution >= 4 is 16.5 Å². The van der Waals surface area contributed by atoms with Gasteiger partial charge in [0.1, 0.15) is 6.10 Å². The van der Waals surface area contributed by atoms with Crippen molar-refractivity contribution < 1.29 is 4.74 Å². The van der Waals surface area contributed by atoms with Crippen LogP contribution in [0.25, 0.3) is 10.8 Å². The Bertz CT molecular complexity index is 633. The first-order valence-electron chi connectivity index (χ1n) is 7.91. The van der Waals surface area contributed by atoms with Gasteiger partial charge < -0.3 is 15.4 Å². The van der Waals surface area contributed by atoms with E-state index >= 15 is 0 Å². The van der Waals surface area contributed by atoms with Crippen molar-refractivity contribution in [3.05, 3.63) is 30.5 Å². The molecule has 2 fully saturated rings. The van der Waals surface area contributed by atoms with Crippen LogP contribution in [0.5, 0.6) is 5.88 Å². The second kappa shape index (κ2) is 5.53. The van der Waals surface area contributed by atoms with Crippen molar-refractivity contribution in [1.29, 1.82) is 0 Å². The van der Waals surface area contributed by atoms with Gasteiger partial charge in [-0.3, -0.25) is 0 Å². The van der Waals surface area contributed by atoms with Crippen LogP contribution in [0.4, 0.5) is 5.69 Å². The Morgan fingerprint density at radius 1 is 1.10 bits per heavy atom. The maximum Gasteiger partial charge on any atom is 0.221 e. The minimum Gasteiger partial charge on any atom is -0.474 e. The molecule has 2 N–H and O–H groups in total. The second-order valence-corrected chi connectivity index (χ2v) is 6.04. The van der Waals surface area contributed by atoms with E-state index in [1.807, 2.05) is 6.20 Å². The molecular formula is C17H21N3O. The maximum absolute atomic E-state index is 6.13. The van der Waals surface area contributed by atoms with E-state index in [9.17, 15) is 0 Å². The molecule has 2 aromatic rings. The average Bonchev–Trinajstić information content (AvgIpc) is 3.32. The van der Waals surface area contributed by atoms with Crippen LogP contribution in [0.1, 0.15) is 25.7 Å². The summed E-state index contributed by atoms with van der Waals surface area (Å²) in [6, 6.07) is 9.20. The number of nitrogens with zero attached hydrogens (tertiary/aromatic N) is 1. The molecule has 1 aromatic carbocycles. The third-order valence-electron chi connectivity index (χ3n) is 4.24. The summed E-state index contributed by atoms with van der Waals surface area (Å²) in [5.41, 5.74) is 1.20. The molecule has 4 heteroatoms. The fraction of sp³-hybridized carbons (Fsp3) is 0.471. The van der Waals surface area contributed by atoms with Crippen LogP contribution in [-0.2, 0) is 0 Å². The number of hydrogen-bond acceptors (Lipinski definition) is 4. The van der Waals surface area contributed by atoms with E-state index in [0.29, 0.717) is 6.04 Å². The number of benzene rings is 1. The van der Waals surface area contributed by atoms with E-state index < -0.39 is 0 Å². The van der Waals surface area contributed by atoms with Gasteiger partial charge in [0.25, 0.3) is 0 Å². The SMILES string of the molecule is c1cc2cc(NC3CC3)ccc2c(OC2CCNCC2)n1. The highest BCUT2D eigenvalue weighted by Crippen LogP contribution is 2.30. The van der Waals surface area contributed by atoms with Gasteiger partial charge in [-0.2, -0.15) is 0 Å². The van der Waals surface area contributed by atoms with Gasteiger partial charge in [-0.15, -0.1) is 0 Å². The highest BCUT2D eigenvalue weighted by Gasteiger charge is 2.21. The van der Waals surface area contributed by atoms with E-state index in [0.717, 1.165) is 37.2 Å². The van der Waals surface area contributed by atoms with Crippen molar-refractivity contribution in [2.45, 2.75) is 37.8 Å². The first kappa shape index (κ1) is 12.9. The number of fused-ring (bicyclic) bond motifs is 1. The lowest BCUT2D eigenvalue weighted by Gasteiger charge is -2.23. The summed E-state index contributed by atoms with van der Waals surface area (Å²) >= 11 is 0. The van der Waals surface area contributed by atoms with Crippen LogP contribution in [-0.4, -0.2) is 30.2 Å². The number of aromatic nitrogens is 1. The molecule has 2 aliphatic rings. The first-order valence-corrected chi connectivity index (χ1v) is 7.91. The molecule has 0 spiro atoms. The molecule has 0 unspecified atom stereocenters. The Morgan fingerprint density at radius 2 is 1.95 bits per heavy atom. The molecule has 4 nitrogen and oxygen atoms in total. The van der Waals surface area contributed by atoms with Crippen molar-refractivity contribution in [2.24, 2.45) is 0 Å². The standard InChI is InChI=1S/C17H21N3O/c1-2-13(1)20-14-3-4-16-12(11-14)5-10-19-17(16)21-15-6-8-18-9-7-15/h3-5,10-11,13,15,18,20H,1-2,6-9H2. The van der Waals surface area contributed by atoms with Gasteiger partial charge >= 0.3 is 0 Å². The lowest BCUT2D eigenvalue weighted by Crippen LogP contribution is -2.34. The zero-order valence-corrected chi connectivity index (χ0v) is 12.1. The number of piperidine rings is 1. The Hall–Kier alpha value is -1.81. The topological polar surface area (TPSA) is 46.2 Å². The van der Waals surface area contributed by atoms with Gasteiger partial charge in [0.05, 0.1) is 0 Å². The molecule has 0 radical (unpaired) electrons. The highest BCUT2D eigenvalue weighted by molar-refractivity contribution is 5.89. The first-order chi connectivity index (χ1) is 10.4. The number of nitrogens with one attached hydrogen (secondary N) is 2. The molecule has 4 rings (SSSR count). The maximum atomic E-state index is 6.13. The average molecular weight is 283 g/mol. The van der Waals surface area contributed by atoms with E-state index in [1.165, 1.54) is 23.9 Å². The predicted octanol–water partition coefficient (Wildman–Crippen LogP) is 2.94. The van der Waals surface area contributed by atoms with E-state index in [4.69, 9.17) is 4.74 Å². The molecule has 1 saturated heterocycles. The van der Waals surface area contributed by atoms with E-state index in [1.54, 1.807) is 0 Å². The van der Waals surface area contributed by atoms with Gasteiger partial charge in [0.15, 0.2) is 0 Å². The summed E-state index contributed by atoms with van der Waals surface area (Å²) in [4.78, 5) is 4.44. The van der Waals surface area contributed by atoms with Crippen molar-refractivity contribution in [2.75, 3.05) is 18.4 Å². The Kier molecular flexibility index (Phi) is 3.39. The molecule has 110 valence electrons. The van der Waals surface area contributed by atoms with Crippen LogP contribution in [0.15, 0.2) is 30.5 Å². The summed E-state index contributed by atoms with van der Waals surface area (Å²) in [5, 5.41) is 9.20. The number of rotatable bonds is 4. The summed E-state index contributed by atoms with van der Waals surface area (Å²) in [6.45, 7) is 2.07. The van der Waals surface area contributed by atoms with Crippen LogP contribution in [0, 0.1) is 0 Å². The molecule has 1 aliphatic heterocycles. The Morgan fingerprint density at radius 3 is 2.76 bits per heavy atom. The number of ether oxygens (including phenoxy) is 1. The summed E-state index contributed by atoms with van der Waals surface area (Å²) in [7, 11) is 0. The number of anilines is 1. The molecule has 0 atom stereocenters. The zero-order chi connectivity index (χ0) is 14.1. The normalized spacial score (nSPS) is 19.6. The molecule has 1 saturated carbocycles. The van der Waals surface area contributed by atoms with Gasteiger partial charge in [-0.25, -0.2) is 4.98 Å². The quantitative estimate of drug-likeness (QED) is 0.905. The predicted molar refractivity (Wildman–Crippen MR) is 84.9 cm³/mol. The third-order valence-corrected chi connectivity index (χ3v) is 4.24. The molecule has 1 aliphatic carbocycles. The van der Waals surface area contributed by atoms with E-state index in [-0.39, 0.29) is 6.10 Å². The fourth-order valence-electron chi connectivity index (χ4n) is 2.87. The lowest BCUT2D eigenvalue weighted by molar-refractivity contribution is 0.158. The molecule has 0 bridgehead atoms. The van der Waals surface area contributed by atoms with Crippen LogP contribution >= 0.6 is 0 Å². The summed E-state index contributed by atoms with van der Waals surface area (Å²) < 4.78 is 6.13. The van der Waals surface area contributed by atoms with Gasteiger partial charge in [-0.1, -0.05) is 0 Å². The second-order valence-electron chi connectivity index (χ2n) is 6.04. The Balaban J connectivity index is 1.59. The van der Waals surface area contributed by atoms with Crippen LogP contribution < -0.4 is 15.4 Å². The molecular weight excluding hydrogens is 262 g/mol. The third kappa shape index (κ3) is 2.95. The lowest BCUT2D eigenvalue weighted by atomic mass is 10.1.